The first kappa shape index (κ1) is 21.6. The Morgan fingerprint density at radius 3 is 2.48 bits per heavy atom. The Kier molecular flexibility index (Phi) is 7.16. The van der Waals surface area contributed by atoms with Crippen molar-refractivity contribution in [2.45, 2.75) is 13.3 Å². The Morgan fingerprint density at radius 2 is 1.79 bits per heavy atom. The Labute approximate surface area is 177 Å². The summed E-state index contributed by atoms with van der Waals surface area (Å²) in [5, 5.41) is 3.11. The summed E-state index contributed by atoms with van der Waals surface area (Å²) in [5.41, 5.74) is 2.71. The molecular weight excluding hydrogens is 410 g/mol. The Balaban J connectivity index is 1.44. The fourth-order valence-electron chi connectivity index (χ4n) is 3.38. The zero-order valence-electron chi connectivity index (χ0n) is 16.5. The molecule has 0 bridgehead atoms. The number of hydrogen-bond donors (Lipinski definition) is 1. The summed E-state index contributed by atoms with van der Waals surface area (Å²) in [6.07, 6.45) is 0.358. The average molecular weight is 436 g/mol. The molecule has 1 amide bonds. The van der Waals surface area contributed by atoms with Gasteiger partial charge in [0.1, 0.15) is 0 Å². The van der Waals surface area contributed by atoms with Gasteiger partial charge < -0.3 is 10.2 Å². The molecule has 29 heavy (non-hydrogen) atoms. The number of nitrogens with one attached hydrogen (secondary N) is 1. The molecule has 0 saturated carbocycles. The summed E-state index contributed by atoms with van der Waals surface area (Å²) in [6.45, 7) is 4.63. The van der Waals surface area contributed by atoms with E-state index in [9.17, 15) is 13.2 Å². The number of rotatable bonds is 7. The minimum Gasteiger partial charge on any atom is -0.369 e. The highest BCUT2D eigenvalue weighted by atomic mass is 35.5. The zero-order chi connectivity index (χ0) is 20.9. The maximum atomic E-state index is 12.6. The predicted molar refractivity (Wildman–Crippen MR) is 117 cm³/mol. The van der Waals surface area contributed by atoms with Crippen LogP contribution in [-0.2, 0) is 10.0 Å². The molecule has 0 aromatic heterocycles. The molecule has 8 heteroatoms. The van der Waals surface area contributed by atoms with Crippen LogP contribution >= 0.6 is 11.6 Å². The highest BCUT2D eigenvalue weighted by Gasteiger charge is 2.26. The van der Waals surface area contributed by atoms with Gasteiger partial charge in [-0.3, -0.25) is 4.79 Å². The first-order valence-electron chi connectivity index (χ1n) is 9.69. The molecule has 1 aliphatic heterocycles. The lowest BCUT2D eigenvalue weighted by molar-refractivity contribution is 0.0954. The topological polar surface area (TPSA) is 69.7 Å². The number of aryl methyl sites for hydroxylation is 1. The largest absolute Gasteiger partial charge is 0.369 e. The predicted octanol–water partition coefficient (Wildman–Crippen LogP) is 2.92. The fraction of sp³-hybridized carbons (Fsp3) is 0.381. The molecule has 0 aliphatic carbocycles. The highest BCUT2D eigenvalue weighted by molar-refractivity contribution is 7.89. The molecule has 1 fully saturated rings. The third-order valence-electron chi connectivity index (χ3n) is 4.98. The van der Waals surface area contributed by atoms with Crippen molar-refractivity contribution in [2.75, 3.05) is 43.4 Å². The Morgan fingerprint density at radius 1 is 1.07 bits per heavy atom. The van der Waals surface area contributed by atoms with E-state index < -0.39 is 10.0 Å². The Bertz CT molecular complexity index is 957. The van der Waals surface area contributed by atoms with E-state index in [2.05, 4.69) is 35.3 Å². The van der Waals surface area contributed by atoms with Gasteiger partial charge in [-0.25, -0.2) is 8.42 Å². The van der Waals surface area contributed by atoms with Gasteiger partial charge in [-0.15, -0.1) is 0 Å². The van der Waals surface area contributed by atoms with Crippen LogP contribution in [0.1, 0.15) is 22.3 Å². The second kappa shape index (κ2) is 9.61. The van der Waals surface area contributed by atoms with E-state index in [4.69, 9.17) is 11.6 Å². The van der Waals surface area contributed by atoms with Crippen molar-refractivity contribution in [2.24, 2.45) is 0 Å². The van der Waals surface area contributed by atoms with Crippen LogP contribution in [0.25, 0.3) is 0 Å². The molecule has 2 aromatic carbocycles. The molecular formula is C21H26ClN3O3S. The molecule has 2 aromatic rings. The van der Waals surface area contributed by atoms with E-state index in [0.717, 1.165) is 5.69 Å². The van der Waals surface area contributed by atoms with Gasteiger partial charge >= 0.3 is 0 Å². The molecule has 1 heterocycles. The van der Waals surface area contributed by atoms with Crippen LogP contribution in [0.15, 0.2) is 48.5 Å². The van der Waals surface area contributed by atoms with Crippen LogP contribution in [0.2, 0.25) is 5.02 Å². The van der Waals surface area contributed by atoms with Crippen LogP contribution in [0.3, 0.4) is 0 Å². The van der Waals surface area contributed by atoms with Crippen LogP contribution in [0, 0.1) is 6.92 Å². The van der Waals surface area contributed by atoms with Gasteiger partial charge in [0.2, 0.25) is 10.0 Å². The number of benzene rings is 2. The molecule has 3 rings (SSSR count). The second-order valence-electron chi connectivity index (χ2n) is 7.13. The van der Waals surface area contributed by atoms with E-state index in [1.54, 1.807) is 28.6 Å². The SMILES string of the molecule is Cc1cccc(N2CCN(S(=O)(=O)CCCNC(=O)c3ccccc3Cl)CC2)c1. The van der Waals surface area contributed by atoms with Gasteiger partial charge in [-0.1, -0.05) is 35.9 Å². The smallest absolute Gasteiger partial charge is 0.252 e. The lowest BCUT2D eigenvalue weighted by Crippen LogP contribution is -2.49. The molecule has 0 spiro atoms. The number of hydrogen-bond acceptors (Lipinski definition) is 4. The maximum Gasteiger partial charge on any atom is 0.252 e. The van der Waals surface area contributed by atoms with Gasteiger partial charge in [-0.05, 0) is 43.2 Å². The van der Waals surface area contributed by atoms with Crippen molar-refractivity contribution in [1.82, 2.24) is 9.62 Å². The number of halogens is 1. The van der Waals surface area contributed by atoms with Gasteiger partial charge in [0.25, 0.3) is 5.91 Å². The molecule has 156 valence electrons. The normalized spacial score (nSPS) is 15.3. The number of carbonyl (C=O) groups is 1. The van der Waals surface area contributed by atoms with Crippen LogP contribution < -0.4 is 10.2 Å². The first-order valence-corrected chi connectivity index (χ1v) is 11.7. The minimum absolute atomic E-state index is 0.0141. The highest BCUT2D eigenvalue weighted by Crippen LogP contribution is 2.19. The average Bonchev–Trinajstić information content (AvgIpc) is 2.71. The third-order valence-corrected chi connectivity index (χ3v) is 7.27. The van der Waals surface area contributed by atoms with E-state index in [-0.39, 0.29) is 18.2 Å². The van der Waals surface area contributed by atoms with Crippen LogP contribution in [-0.4, -0.2) is 57.1 Å². The summed E-state index contributed by atoms with van der Waals surface area (Å²) in [7, 11) is -3.34. The van der Waals surface area contributed by atoms with Gasteiger partial charge in [0.05, 0.1) is 16.3 Å². The van der Waals surface area contributed by atoms with Gasteiger partial charge in [0.15, 0.2) is 0 Å². The van der Waals surface area contributed by atoms with E-state index in [0.29, 0.717) is 43.2 Å². The van der Waals surface area contributed by atoms with Crippen molar-refractivity contribution in [3.63, 3.8) is 0 Å². The lowest BCUT2D eigenvalue weighted by atomic mass is 10.2. The van der Waals surface area contributed by atoms with Crippen molar-refractivity contribution in [1.29, 1.82) is 0 Å². The molecule has 6 nitrogen and oxygen atoms in total. The van der Waals surface area contributed by atoms with Crippen molar-refractivity contribution >= 4 is 33.2 Å². The number of sulfonamides is 1. The molecule has 1 aliphatic rings. The molecule has 1 saturated heterocycles. The van der Waals surface area contributed by atoms with Crippen molar-refractivity contribution in [3.05, 3.63) is 64.7 Å². The van der Waals surface area contributed by atoms with E-state index >= 15 is 0 Å². The van der Waals surface area contributed by atoms with E-state index in [1.807, 2.05) is 6.07 Å². The standard InChI is InChI=1S/C21H26ClN3O3S/c1-17-6-4-7-18(16-17)24-11-13-25(14-12-24)29(27,28)15-5-10-23-21(26)19-8-2-3-9-20(19)22/h2-4,6-9,16H,5,10-15H2,1H3,(H,23,26). The third kappa shape index (κ3) is 5.72. The lowest BCUT2D eigenvalue weighted by Gasteiger charge is -2.35. The summed E-state index contributed by atoms with van der Waals surface area (Å²) in [4.78, 5) is 14.3. The summed E-state index contributed by atoms with van der Waals surface area (Å²) < 4.78 is 26.8. The van der Waals surface area contributed by atoms with Crippen LogP contribution in [0.4, 0.5) is 5.69 Å². The number of nitrogens with zero attached hydrogens (tertiary/aromatic N) is 2. The first-order chi connectivity index (χ1) is 13.9. The van der Waals surface area contributed by atoms with Gasteiger partial charge in [-0.2, -0.15) is 4.31 Å². The number of amides is 1. The fourth-order valence-corrected chi connectivity index (χ4v) is 5.08. The number of carbonyl (C=O) groups excluding carboxylic acids is 1. The number of piperazine rings is 1. The summed E-state index contributed by atoms with van der Waals surface area (Å²) >= 11 is 6.00. The monoisotopic (exact) mass is 435 g/mol. The Hall–Kier alpha value is -2.09. The minimum atomic E-state index is -3.34. The molecule has 0 atom stereocenters. The van der Waals surface area contributed by atoms with Crippen molar-refractivity contribution in [3.8, 4) is 0 Å². The summed E-state index contributed by atoms with van der Waals surface area (Å²) in [6, 6.07) is 15.0. The second-order valence-corrected chi connectivity index (χ2v) is 9.63. The number of anilines is 1. The van der Waals surface area contributed by atoms with Crippen LogP contribution in [0.5, 0.6) is 0 Å². The van der Waals surface area contributed by atoms with Crippen molar-refractivity contribution < 1.29 is 13.2 Å². The molecule has 0 radical (unpaired) electrons. The molecule has 0 unspecified atom stereocenters. The quantitative estimate of drug-likeness (QED) is 0.679. The molecule has 1 N–H and O–H groups in total. The maximum absolute atomic E-state index is 12.6. The van der Waals surface area contributed by atoms with Gasteiger partial charge in [0, 0.05) is 38.4 Å². The van der Waals surface area contributed by atoms with E-state index in [1.165, 1.54) is 5.56 Å². The summed E-state index contributed by atoms with van der Waals surface area (Å²) in [5.74, 6) is -0.278. The zero-order valence-corrected chi connectivity index (χ0v) is 18.0.